The number of aryl methyl sites for hydroxylation is 7. The molecule has 20 rings (SSSR count). The predicted octanol–water partition coefficient (Wildman–Crippen LogP) is 10.2. The van der Waals surface area contributed by atoms with Gasteiger partial charge in [-0.05, 0) is 186 Å². The van der Waals surface area contributed by atoms with E-state index in [0.29, 0.717) is 93.2 Å². The average molecular weight is 1710 g/mol. The zero-order valence-corrected chi connectivity index (χ0v) is 74.9. The Hall–Kier alpha value is -13.0. The number of aromatic nitrogens is 19. The maximum Gasteiger partial charge on any atom is 0.258 e. The summed E-state index contributed by atoms with van der Waals surface area (Å²) in [6.07, 6.45) is 22.1. The zero-order chi connectivity index (χ0) is 88.6. The van der Waals surface area contributed by atoms with E-state index in [1.165, 1.54) is 0 Å². The van der Waals surface area contributed by atoms with Gasteiger partial charge in [-0.3, -0.25) is 61.3 Å². The van der Waals surface area contributed by atoms with Gasteiger partial charge in [-0.2, -0.15) is 20.4 Å². The van der Waals surface area contributed by atoms with E-state index in [-0.39, 0.29) is 28.8 Å². The van der Waals surface area contributed by atoms with E-state index >= 15 is 0 Å². The highest BCUT2D eigenvalue weighted by Gasteiger charge is 2.28. The van der Waals surface area contributed by atoms with Crippen LogP contribution in [0.3, 0.4) is 0 Å². The van der Waals surface area contributed by atoms with Gasteiger partial charge in [-0.15, -0.1) is 0 Å². The van der Waals surface area contributed by atoms with Gasteiger partial charge in [0.1, 0.15) is 39.7 Å². The number of rotatable bonds is 17. The van der Waals surface area contributed by atoms with Crippen molar-refractivity contribution in [3.63, 3.8) is 0 Å². The normalized spacial score (nSPS) is 16.3. The lowest BCUT2D eigenvalue weighted by molar-refractivity contribution is 0.186. The lowest BCUT2D eigenvalue weighted by Gasteiger charge is -2.38. The minimum Gasteiger partial charge on any atom is -0.395 e. The molecule has 16 aromatic rings. The summed E-state index contributed by atoms with van der Waals surface area (Å²) >= 11 is 0. The van der Waals surface area contributed by atoms with E-state index in [1.807, 2.05) is 162 Å². The largest absolute Gasteiger partial charge is 0.395 e. The lowest BCUT2D eigenvalue weighted by Crippen LogP contribution is -2.54. The molecular formula is C95H113N27O5. The van der Waals surface area contributed by atoms with Gasteiger partial charge >= 0.3 is 0 Å². The highest BCUT2D eigenvalue weighted by atomic mass is 16.3. The van der Waals surface area contributed by atoms with Crippen LogP contribution in [0.1, 0.15) is 108 Å². The Morgan fingerprint density at radius 1 is 0.409 bits per heavy atom. The van der Waals surface area contributed by atoms with Gasteiger partial charge in [0.25, 0.3) is 22.2 Å². The number of aliphatic hydroxyl groups excluding tert-OH is 1. The van der Waals surface area contributed by atoms with Crippen LogP contribution < -0.4 is 47.2 Å². The summed E-state index contributed by atoms with van der Waals surface area (Å²) in [5.74, 6) is 0. The Labute approximate surface area is 735 Å². The molecule has 0 amide bonds. The predicted molar refractivity (Wildman–Crippen MR) is 501 cm³/mol. The van der Waals surface area contributed by atoms with E-state index in [1.54, 1.807) is 41.9 Å². The van der Waals surface area contributed by atoms with Crippen LogP contribution in [0.25, 0.3) is 95.5 Å². The number of nitrogens with zero attached hydrogens (tertiary/aromatic N) is 26. The summed E-state index contributed by atoms with van der Waals surface area (Å²) in [4.78, 5) is 101. The van der Waals surface area contributed by atoms with Crippen LogP contribution in [0.15, 0.2) is 178 Å². The van der Waals surface area contributed by atoms with Crippen LogP contribution in [0.5, 0.6) is 0 Å². The molecule has 0 unspecified atom stereocenters. The van der Waals surface area contributed by atoms with Crippen LogP contribution in [0, 0.1) is 20.8 Å². The van der Waals surface area contributed by atoms with Gasteiger partial charge in [-0.1, -0.05) is 40.7 Å². The molecule has 15 aromatic heterocycles. The van der Waals surface area contributed by atoms with Gasteiger partial charge in [0.2, 0.25) is 0 Å². The third kappa shape index (κ3) is 18.3. The second-order valence-electron chi connectivity index (χ2n) is 34.1. The molecule has 4 aliphatic heterocycles. The van der Waals surface area contributed by atoms with E-state index in [0.717, 1.165) is 213 Å². The minimum absolute atomic E-state index is 0.0747. The highest BCUT2D eigenvalue weighted by molar-refractivity contribution is 5.84. The molecule has 2 atom stereocenters. The molecular weight excluding hydrogens is 1600 g/mol. The fourth-order valence-corrected chi connectivity index (χ4v) is 18.5. The third-order valence-electron chi connectivity index (χ3n) is 25.2. The molecule has 0 bridgehead atoms. The standard InChI is InChI=1S/C26H33N7O.C24H29N7O.C23H27N7O2.C22H24N6O/c1-5-21-24-14-23(29-33(24)16-18(4)27-21)22-15-26(34)32-17-20(8-9-25(32)28-22)31-12-10-19(11-13-31)30(6-2)7-3;1-5-19-22-12-21(27-31(22)14-16(2)25-19)20-13-24(32)30-15-18(6-7-23(30)26-20)29-10-8-17(9-11-29)28(3)4;1-3-18-21-12-20(26-30(21)14-16(2)24-18)19-13-23(32)29-15-17(4-5-22(29)25-19)28-8-6-27(7-9-28)10-11-31;1-14-11-27(12-15(2)24-14)18-5-7-21-25-19(9-22(29)28(21)13-18)16-4-6-20-17(8-16)10-23-26(20)3/h8-9,14-17,19H,5-7,10-13H2,1-4H3;6-7,12-15,17H,5,8-11H2,1-4H3;4-5,12-15,31H,3,6-11H2,1-2H3;4-10,13-15,24H,11-12H2,1-3H3/t;;;14-,15+. The topological polar surface area (TPSA) is 301 Å². The van der Waals surface area contributed by atoms with Crippen molar-refractivity contribution >= 4 is 72.8 Å². The lowest BCUT2D eigenvalue weighted by atomic mass is 10.0. The van der Waals surface area contributed by atoms with Crippen molar-refractivity contribution in [3.8, 4) is 45.4 Å². The first-order valence-electron chi connectivity index (χ1n) is 44.6. The Kier molecular flexibility index (Phi) is 25.0. The first kappa shape index (κ1) is 86.1. The number of piperazine rings is 2. The molecule has 127 heavy (non-hydrogen) atoms. The van der Waals surface area contributed by atoms with Crippen molar-refractivity contribution in [2.45, 2.75) is 138 Å². The zero-order valence-electron chi connectivity index (χ0n) is 74.9. The number of hydrogen-bond donors (Lipinski definition) is 2. The fraction of sp³-hybridized carbons (Fsp3) is 0.400. The Morgan fingerprint density at radius 2 is 0.780 bits per heavy atom. The van der Waals surface area contributed by atoms with Crippen molar-refractivity contribution in [2.24, 2.45) is 7.05 Å². The monoisotopic (exact) mass is 1710 g/mol. The number of hydrogen-bond acceptors (Lipinski definition) is 24. The molecule has 658 valence electrons. The van der Waals surface area contributed by atoms with Crippen LogP contribution in [0.2, 0.25) is 0 Å². The molecule has 19 heterocycles. The second kappa shape index (κ2) is 36.9. The van der Waals surface area contributed by atoms with E-state index in [2.05, 4.69) is 156 Å². The maximum absolute atomic E-state index is 13.1. The summed E-state index contributed by atoms with van der Waals surface area (Å²) in [5, 5.41) is 32.0. The Morgan fingerprint density at radius 3 is 1.16 bits per heavy atom. The van der Waals surface area contributed by atoms with E-state index in [9.17, 15) is 19.2 Å². The SMILES string of the molecule is CCc1nc(C)cn2nc(-c3cc(=O)n4cc(N5CCC(N(C)C)CC5)ccc4n3)cc12.CCc1nc(C)cn2nc(-c3cc(=O)n4cc(N5CCC(N(CC)CC)CC5)ccc4n3)cc12.CCc1nc(C)cn2nc(-c3cc(=O)n4cc(N5CCN(CCO)CC5)ccc4n3)cc12.C[C@@H]1CN(c2ccc3nc(-c4ccc5c(cnn5C)c4)cc(=O)n3c2)C[C@H](C)N1. The van der Waals surface area contributed by atoms with Crippen LogP contribution in [-0.4, -0.2) is 241 Å². The molecule has 0 aliphatic carbocycles. The van der Waals surface area contributed by atoms with Crippen LogP contribution in [0.4, 0.5) is 22.7 Å². The molecule has 4 saturated heterocycles. The molecule has 4 fully saturated rings. The Bertz CT molecular complexity index is 6980. The van der Waals surface area contributed by atoms with Gasteiger partial charge in [0.05, 0.1) is 133 Å². The molecule has 2 N–H and O–H groups in total. The number of benzene rings is 1. The van der Waals surface area contributed by atoms with Gasteiger partial charge in [0, 0.05) is 163 Å². The van der Waals surface area contributed by atoms with Gasteiger partial charge in [0.15, 0.2) is 0 Å². The first-order valence-corrected chi connectivity index (χ1v) is 44.6. The average Bonchev–Trinajstić information content (AvgIpc) is 1.72. The van der Waals surface area contributed by atoms with Crippen molar-refractivity contribution in [2.75, 3.05) is 125 Å². The molecule has 0 spiro atoms. The maximum atomic E-state index is 13.1. The molecule has 1 aromatic carbocycles. The van der Waals surface area contributed by atoms with Crippen molar-refractivity contribution in [1.29, 1.82) is 0 Å². The molecule has 0 saturated carbocycles. The first-order chi connectivity index (χ1) is 61.4. The number of anilines is 4. The van der Waals surface area contributed by atoms with E-state index in [4.69, 9.17) is 25.0 Å². The van der Waals surface area contributed by atoms with E-state index < -0.39 is 0 Å². The van der Waals surface area contributed by atoms with Gasteiger partial charge < -0.3 is 39.8 Å². The number of pyridine rings is 4. The number of fused-ring (bicyclic) bond motifs is 8. The number of aliphatic hydroxyl groups is 1. The van der Waals surface area contributed by atoms with Crippen LogP contribution in [-0.2, 0) is 26.3 Å². The number of β-amino-alcohol motifs (C(OH)–C–C–N with tert-alkyl or cyclic N) is 1. The quantitative estimate of drug-likeness (QED) is 0.0856. The molecule has 32 nitrogen and oxygen atoms in total. The summed E-state index contributed by atoms with van der Waals surface area (Å²) in [6.45, 7) is 33.4. The molecule has 4 aliphatic rings. The third-order valence-corrected chi connectivity index (χ3v) is 25.2. The molecule has 0 radical (unpaired) electrons. The number of nitrogens with one attached hydrogen (secondary N) is 1. The summed E-state index contributed by atoms with van der Waals surface area (Å²) in [7, 11) is 6.20. The Balaban J connectivity index is 0.000000119. The van der Waals surface area contributed by atoms with Crippen molar-refractivity contribution < 1.29 is 5.11 Å². The van der Waals surface area contributed by atoms with Crippen molar-refractivity contribution in [1.82, 2.24) is 111 Å². The highest BCUT2D eigenvalue weighted by Crippen LogP contribution is 2.31. The summed E-state index contributed by atoms with van der Waals surface area (Å²) in [6, 6.07) is 36.2. The second-order valence-corrected chi connectivity index (χ2v) is 34.1. The van der Waals surface area contributed by atoms with Crippen molar-refractivity contribution in [3.05, 3.63) is 234 Å². The van der Waals surface area contributed by atoms with Crippen LogP contribution >= 0.6 is 0 Å². The number of piperidine rings is 2. The summed E-state index contributed by atoms with van der Waals surface area (Å²) in [5.41, 5.74) is 21.2. The minimum atomic E-state index is -0.132. The molecule has 32 heteroatoms. The van der Waals surface area contributed by atoms with Gasteiger partial charge in [-0.25, -0.2) is 33.5 Å². The fourth-order valence-electron chi connectivity index (χ4n) is 18.5. The smallest absolute Gasteiger partial charge is 0.258 e. The summed E-state index contributed by atoms with van der Waals surface area (Å²) < 4.78 is 13.8.